The molecule has 0 fully saturated rings. The number of aromatic nitrogens is 1. The van der Waals surface area contributed by atoms with Crippen molar-refractivity contribution in [3.05, 3.63) is 93.8 Å². The Balaban J connectivity index is 1.97. The molecule has 1 aromatic heterocycles. The normalized spacial score (nSPS) is 12.5. The molecule has 1 aliphatic rings. The summed E-state index contributed by atoms with van der Waals surface area (Å²) in [5.41, 5.74) is 2.80. The SMILES string of the molecule is CCOC(=O)c1c2c(n(Cc3ccccc3)c1C)C(=O)c1ccccc1C2=O. The van der Waals surface area contributed by atoms with Gasteiger partial charge < -0.3 is 9.30 Å². The molecule has 0 radical (unpaired) electrons. The molecule has 5 heteroatoms. The van der Waals surface area contributed by atoms with Gasteiger partial charge in [-0.25, -0.2) is 4.79 Å². The van der Waals surface area contributed by atoms with Crippen molar-refractivity contribution in [1.82, 2.24) is 4.57 Å². The van der Waals surface area contributed by atoms with Crippen LogP contribution in [0.3, 0.4) is 0 Å². The maximum Gasteiger partial charge on any atom is 0.340 e. The quantitative estimate of drug-likeness (QED) is 0.511. The zero-order valence-electron chi connectivity index (χ0n) is 15.7. The second kappa shape index (κ2) is 6.93. The van der Waals surface area contributed by atoms with Gasteiger partial charge in [-0.1, -0.05) is 54.6 Å². The van der Waals surface area contributed by atoms with Crippen LogP contribution in [0.2, 0.25) is 0 Å². The Morgan fingerprint density at radius 1 is 0.929 bits per heavy atom. The number of ketones is 2. The molecular formula is C23H19NO4. The molecule has 140 valence electrons. The molecule has 0 N–H and O–H groups in total. The van der Waals surface area contributed by atoms with E-state index in [9.17, 15) is 14.4 Å². The second-order valence-electron chi connectivity index (χ2n) is 6.68. The number of nitrogens with zero attached hydrogens (tertiary/aromatic N) is 1. The molecule has 2 aromatic carbocycles. The van der Waals surface area contributed by atoms with E-state index in [2.05, 4.69) is 0 Å². The van der Waals surface area contributed by atoms with Crippen LogP contribution < -0.4 is 0 Å². The van der Waals surface area contributed by atoms with Gasteiger partial charge in [-0.2, -0.15) is 0 Å². The van der Waals surface area contributed by atoms with Crippen molar-refractivity contribution >= 4 is 17.5 Å². The maximum absolute atomic E-state index is 13.3. The summed E-state index contributed by atoms with van der Waals surface area (Å²) in [4.78, 5) is 39.2. The Labute approximate surface area is 162 Å². The van der Waals surface area contributed by atoms with Gasteiger partial charge in [0.15, 0.2) is 5.78 Å². The summed E-state index contributed by atoms with van der Waals surface area (Å²) in [7, 11) is 0. The van der Waals surface area contributed by atoms with Gasteiger partial charge in [0.1, 0.15) is 5.69 Å². The minimum absolute atomic E-state index is 0.149. The van der Waals surface area contributed by atoms with E-state index in [-0.39, 0.29) is 35.0 Å². The fourth-order valence-corrected chi connectivity index (χ4v) is 3.75. The number of rotatable bonds is 4. The van der Waals surface area contributed by atoms with Crippen molar-refractivity contribution in [2.75, 3.05) is 6.61 Å². The van der Waals surface area contributed by atoms with E-state index in [1.807, 2.05) is 30.3 Å². The van der Waals surface area contributed by atoms with Gasteiger partial charge in [0.25, 0.3) is 0 Å². The summed E-state index contributed by atoms with van der Waals surface area (Å²) in [6.07, 6.45) is 0. The third-order valence-electron chi connectivity index (χ3n) is 5.04. The molecule has 0 spiro atoms. The van der Waals surface area contributed by atoms with Crippen LogP contribution in [-0.2, 0) is 11.3 Å². The highest BCUT2D eigenvalue weighted by Gasteiger charge is 2.39. The molecule has 0 bridgehead atoms. The van der Waals surface area contributed by atoms with E-state index in [0.29, 0.717) is 23.4 Å². The Bertz CT molecular complexity index is 1110. The molecule has 4 rings (SSSR count). The van der Waals surface area contributed by atoms with Gasteiger partial charge in [-0.05, 0) is 19.4 Å². The Kier molecular flexibility index (Phi) is 4.43. The van der Waals surface area contributed by atoms with Crippen LogP contribution in [0.4, 0.5) is 0 Å². The molecular weight excluding hydrogens is 354 g/mol. The van der Waals surface area contributed by atoms with Crippen molar-refractivity contribution in [2.45, 2.75) is 20.4 Å². The van der Waals surface area contributed by atoms with E-state index in [0.717, 1.165) is 5.56 Å². The number of carbonyl (C=O) groups is 3. The Morgan fingerprint density at radius 3 is 2.18 bits per heavy atom. The van der Waals surface area contributed by atoms with E-state index < -0.39 is 5.97 Å². The Hall–Kier alpha value is -3.47. The summed E-state index contributed by atoms with van der Waals surface area (Å²) in [5.74, 6) is -1.15. The number of fused-ring (bicyclic) bond motifs is 2. The van der Waals surface area contributed by atoms with Crippen molar-refractivity contribution in [3.63, 3.8) is 0 Å². The van der Waals surface area contributed by atoms with E-state index in [4.69, 9.17) is 4.74 Å². The topological polar surface area (TPSA) is 65.4 Å². The van der Waals surface area contributed by atoms with Crippen LogP contribution in [0.15, 0.2) is 54.6 Å². The lowest BCUT2D eigenvalue weighted by atomic mass is 9.86. The van der Waals surface area contributed by atoms with Crippen LogP contribution in [0.1, 0.15) is 60.5 Å². The zero-order chi connectivity index (χ0) is 19.8. The minimum atomic E-state index is -0.580. The lowest BCUT2D eigenvalue weighted by Gasteiger charge is -2.17. The first-order chi connectivity index (χ1) is 13.5. The first kappa shape index (κ1) is 17.9. The summed E-state index contributed by atoms with van der Waals surface area (Å²) in [6.45, 7) is 4.03. The molecule has 0 aliphatic heterocycles. The van der Waals surface area contributed by atoms with E-state index in [1.54, 1.807) is 42.7 Å². The zero-order valence-corrected chi connectivity index (χ0v) is 15.7. The first-order valence-corrected chi connectivity index (χ1v) is 9.17. The number of ether oxygens (including phenoxy) is 1. The molecule has 0 unspecified atom stereocenters. The molecule has 28 heavy (non-hydrogen) atoms. The summed E-state index contributed by atoms with van der Waals surface area (Å²) >= 11 is 0. The third kappa shape index (κ3) is 2.67. The fourth-order valence-electron chi connectivity index (χ4n) is 3.75. The lowest BCUT2D eigenvalue weighted by molar-refractivity contribution is 0.0522. The highest BCUT2D eigenvalue weighted by Crippen LogP contribution is 2.34. The van der Waals surface area contributed by atoms with Gasteiger partial charge in [0, 0.05) is 23.4 Å². The van der Waals surface area contributed by atoms with Crippen molar-refractivity contribution in [2.24, 2.45) is 0 Å². The maximum atomic E-state index is 13.3. The number of esters is 1. The fraction of sp³-hybridized carbons (Fsp3) is 0.174. The summed E-state index contributed by atoms with van der Waals surface area (Å²) in [6, 6.07) is 16.3. The number of hydrogen-bond donors (Lipinski definition) is 0. The second-order valence-corrected chi connectivity index (χ2v) is 6.68. The number of hydrogen-bond acceptors (Lipinski definition) is 4. The smallest absolute Gasteiger partial charge is 0.340 e. The molecule has 5 nitrogen and oxygen atoms in total. The van der Waals surface area contributed by atoms with Crippen LogP contribution in [0, 0.1) is 6.92 Å². The molecule has 0 amide bonds. The van der Waals surface area contributed by atoms with E-state index in [1.165, 1.54) is 0 Å². The van der Waals surface area contributed by atoms with Crippen molar-refractivity contribution in [3.8, 4) is 0 Å². The molecule has 0 atom stereocenters. The first-order valence-electron chi connectivity index (χ1n) is 9.17. The minimum Gasteiger partial charge on any atom is -0.462 e. The summed E-state index contributed by atoms with van der Waals surface area (Å²) < 4.78 is 6.95. The largest absolute Gasteiger partial charge is 0.462 e. The predicted octanol–water partition coefficient (Wildman–Crippen LogP) is 3.80. The molecule has 3 aromatic rings. The molecule has 1 aliphatic carbocycles. The predicted molar refractivity (Wildman–Crippen MR) is 104 cm³/mol. The van der Waals surface area contributed by atoms with Crippen LogP contribution in [-0.4, -0.2) is 28.7 Å². The standard InChI is InChI=1S/C23H19NO4/c1-3-28-23(27)18-14(2)24(13-15-9-5-4-6-10-15)20-19(18)21(25)16-11-7-8-12-17(16)22(20)26/h4-12H,3,13H2,1-2H3. The van der Waals surface area contributed by atoms with Gasteiger partial charge >= 0.3 is 5.97 Å². The average Bonchev–Trinajstić information content (AvgIpc) is 3.00. The van der Waals surface area contributed by atoms with E-state index >= 15 is 0 Å². The van der Waals surface area contributed by atoms with Gasteiger partial charge in [0.2, 0.25) is 5.78 Å². The lowest BCUT2D eigenvalue weighted by Crippen LogP contribution is -2.24. The summed E-state index contributed by atoms with van der Waals surface area (Å²) in [5, 5.41) is 0. The van der Waals surface area contributed by atoms with Gasteiger partial charge in [0.05, 0.1) is 17.7 Å². The van der Waals surface area contributed by atoms with Crippen molar-refractivity contribution in [1.29, 1.82) is 0 Å². The monoisotopic (exact) mass is 373 g/mol. The van der Waals surface area contributed by atoms with Gasteiger partial charge in [-0.3, -0.25) is 9.59 Å². The highest BCUT2D eigenvalue weighted by atomic mass is 16.5. The Morgan fingerprint density at radius 2 is 1.54 bits per heavy atom. The van der Waals surface area contributed by atoms with Crippen molar-refractivity contribution < 1.29 is 19.1 Å². The highest BCUT2D eigenvalue weighted by molar-refractivity contribution is 6.30. The van der Waals surface area contributed by atoms with Crippen LogP contribution >= 0.6 is 0 Å². The molecule has 1 heterocycles. The van der Waals surface area contributed by atoms with Gasteiger partial charge in [-0.15, -0.1) is 0 Å². The third-order valence-corrected chi connectivity index (χ3v) is 5.04. The average molecular weight is 373 g/mol. The number of carbonyl (C=O) groups excluding carboxylic acids is 3. The van der Waals surface area contributed by atoms with Crippen LogP contribution in [0.5, 0.6) is 0 Å². The molecule has 0 saturated carbocycles. The number of benzene rings is 2. The molecule has 0 saturated heterocycles. The van der Waals surface area contributed by atoms with Crippen LogP contribution in [0.25, 0.3) is 0 Å².